The second kappa shape index (κ2) is 7.86. The van der Waals surface area contributed by atoms with Gasteiger partial charge in [0, 0.05) is 11.1 Å². The van der Waals surface area contributed by atoms with Crippen molar-refractivity contribution in [2.45, 2.75) is 25.9 Å². The molecule has 0 heterocycles. The maximum atomic E-state index is 12.8. The fraction of sp³-hybridized carbons (Fsp3) is 0.227. The fourth-order valence-electron chi connectivity index (χ4n) is 3.42. The number of carbonyl (C=O) groups is 1. The molecule has 134 valence electrons. The highest BCUT2D eigenvalue weighted by atomic mass is 16.6. The van der Waals surface area contributed by atoms with Crippen molar-refractivity contribution in [2.75, 3.05) is 6.61 Å². The number of aliphatic hydroxyl groups excluding tert-OH is 1. The van der Waals surface area contributed by atoms with Crippen molar-refractivity contribution < 1.29 is 14.6 Å². The first kappa shape index (κ1) is 18.4. The summed E-state index contributed by atoms with van der Waals surface area (Å²) in [6.07, 6.45) is 0.805. The number of allylic oxidation sites excluding steroid dienone is 1. The Kier molecular flexibility index (Phi) is 5.35. The van der Waals surface area contributed by atoms with Crippen LogP contribution in [0.15, 0.2) is 48.0 Å². The van der Waals surface area contributed by atoms with Crippen molar-refractivity contribution >= 4 is 11.5 Å². The maximum Gasteiger partial charge on any atom is 0.339 e. The SMILES string of the molecule is CCCC(CO)OC(=O)c1cccc2c1-c1ccccc1C2=C(C#N)C#N. The molecule has 0 aliphatic heterocycles. The van der Waals surface area contributed by atoms with Crippen LogP contribution in [-0.2, 0) is 4.74 Å². The number of hydrogen-bond acceptors (Lipinski definition) is 5. The minimum Gasteiger partial charge on any atom is -0.456 e. The Labute approximate surface area is 157 Å². The smallest absolute Gasteiger partial charge is 0.339 e. The topological polar surface area (TPSA) is 94.1 Å². The van der Waals surface area contributed by atoms with Crippen LogP contribution in [0.25, 0.3) is 16.7 Å². The number of ether oxygens (including phenoxy) is 1. The van der Waals surface area contributed by atoms with Gasteiger partial charge >= 0.3 is 5.97 Å². The molecule has 0 spiro atoms. The first-order chi connectivity index (χ1) is 13.2. The third-order valence-electron chi connectivity index (χ3n) is 4.58. The van der Waals surface area contributed by atoms with Gasteiger partial charge in [-0.3, -0.25) is 0 Å². The summed E-state index contributed by atoms with van der Waals surface area (Å²) in [6, 6.07) is 16.5. The molecule has 3 rings (SSSR count). The van der Waals surface area contributed by atoms with E-state index in [1.54, 1.807) is 18.2 Å². The standard InChI is InChI=1S/C22H18N2O3/c1-2-6-15(13-25)27-22(26)19-10-5-9-18-20(14(11-23)12-24)16-7-3-4-8-17(16)21(18)19/h3-5,7-10,15,25H,2,6,13H2,1H3. The maximum absolute atomic E-state index is 12.8. The average Bonchev–Trinajstić information content (AvgIpc) is 3.03. The second-order valence-corrected chi connectivity index (χ2v) is 6.25. The van der Waals surface area contributed by atoms with Crippen LogP contribution in [0.1, 0.15) is 41.3 Å². The van der Waals surface area contributed by atoms with E-state index >= 15 is 0 Å². The Morgan fingerprint density at radius 3 is 2.37 bits per heavy atom. The zero-order valence-electron chi connectivity index (χ0n) is 14.9. The molecule has 0 aromatic heterocycles. The van der Waals surface area contributed by atoms with E-state index in [9.17, 15) is 20.4 Å². The lowest BCUT2D eigenvalue weighted by Gasteiger charge is -2.16. The normalized spacial score (nSPS) is 12.4. The third kappa shape index (κ3) is 3.21. The number of fused-ring (bicyclic) bond motifs is 3. The molecule has 5 heteroatoms. The molecule has 5 nitrogen and oxygen atoms in total. The van der Waals surface area contributed by atoms with Gasteiger partial charge in [0.05, 0.1) is 12.2 Å². The van der Waals surface area contributed by atoms with Gasteiger partial charge in [-0.15, -0.1) is 0 Å². The molecule has 1 aliphatic rings. The summed E-state index contributed by atoms with van der Waals surface area (Å²) in [5.74, 6) is -0.522. The number of rotatable bonds is 5. The summed E-state index contributed by atoms with van der Waals surface area (Å²) in [4.78, 5) is 12.8. The Bertz CT molecular complexity index is 993. The van der Waals surface area contributed by atoms with Gasteiger partial charge in [-0.25, -0.2) is 4.79 Å². The van der Waals surface area contributed by atoms with Gasteiger partial charge in [-0.1, -0.05) is 49.7 Å². The molecule has 0 radical (unpaired) electrons. The van der Waals surface area contributed by atoms with E-state index in [4.69, 9.17) is 4.74 Å². The van der Waals surface area contributed by atoms with Crippen molar-refractivity contribution in [2.24, 2.45) is 0 Å². The van der Waals surface area contributed by atoms with Crippen molar-refractivity contribution in [3.63, 3.8) is 0 Å². The number of nitrogens with zero attached hydrogens (tertiary/aromatic N) is 2. The largest absolute Gasteiger partial charge is 0.456 e. The summed E-state index contributed by atoms with van der Waals surface area (Å²) in [5, 5.41) is 28.2. The summed E-state index contributed by atoms with van der Waals surface area (Å²) < 4.78 is 5.48. The lowest BCUT2D eigenvalue weighted by molar-refractivity contribution is 0.0114. The number of hydrogen-bond donors (Lipinski definition) is 1. The van der Waals surface area contributed by atoms with Crippen LogP contribution in [0.2, 0.25) is 0 Å². The van der Waals surface area contributed by atoms with E-state index in [2.05, 4.69) is 0 Å². The summed E-state index contributed by atoms with van der Waals surface area (Å²) in [5.41, 5.74) is 3.76. The van der Waals surface area contributed by atoms with E-state index in [-0.39, 0.29) is 12.2 Å². The Hall–Kier alpha value is -3.41. The minimum absolute atomic E-state index is 0.00550. The number of nitriles is 2. The minimum atomic E-state index is -0.557. The van der Waals surface area contributed by atoms with Crippen LogP contribution in [0.4, 0.5) is 0 Å². The highest BCUT2D eigenvalue weighted by Crippen LogP contribution is 2.47. The molecule has 0 fully saturated rings. The second-order valence-electron chi connectivity index (χ2n) is 6.25. The van der Waals surface area contributed by atoms with Gasteiger partial charge in [0.1, 0.15) is 23.8 Å². The molecule has 0 amide bonds. The first-order valence-corrected chi connectivity index (χ1v) is 8.75. The zero-order chi connectivity index (χ0) is 19.4. The molecule has 1 atom stereocenters. The fourth-order valence-corrected chi connectivity index (χ4v) is 3.42. The van der Waals surface area contributed by atoms with Crippen LogP contribution in [-0.4, -0.2) is 23.8 Å². The van der Waals surface area contributed by atoms with E-state index in [1.807, 2.05) is 43.3 Å². The van der Waals surface area contributed by atoms with Crippen LogP contribution in [0.5, 0.6) is 0 Å². The summed E-state index contributed by atoms with van der Waals surface area (Å²) in [7, 11) is 0. The van der Waals surface area contributed by atoms with Crippen LogP contribution in [0, 0.1) is 22.7 Å². The molecule has 2 aromatic carbocycles. The van der Waals surface area contributed by atoms with Gasteiger partial charge in [-0.05, 0) is 29.2 Å². The quantitative estimate of drug-likeness (QED) is 0.552. The number of esters is 1. The summed E-state index contributed by atoms with van der Waals surface area (Å²) >= 11 is 0. The lowest BCUT2D eigenvalue weighted by Crippen LogP contribution is -2.22. The Morgan fingerprint density at radius 1 is 1.07 bits per heavy atom. The van der Waals surface area contributed by atoms with Crippen LogP contribution >= 0.6 is 0 Å². The molecule has 1 aliphatic carbocycles. The van der Waals surface area contributed by atoms with Crippen LogP contribution < -0.4 is 0 Å². The first-order valence-electron chi connectivity index (χ1n) is 8.75. The van der Waals surface area contributed by atoms with Crippen molar-refractivity contribution in [1.29, 1.82) is 10.5 Å². The van der Waals surface area contributed by atoms with Crippen molar-refractivity contribution in [1.82, 2.24) is 0 Å². The molecule has 27 heavy (non-hydrogen) atoms. The Morgan fingerprint density at radius 2 is 1.74 bits per heavy atom. The monoisotopic (exact) mass is 358 g/mol. The molecular formula is C22H18N2O3. The number of benzene rings is 2. The molecular weight excluding hydrogens is 340 g/mol. The number of aliphatic hydroxyl groups is 1. The Balaban J connectivity index is 2.18. The van der Waals surface area contributed by atoms with Crippen molar-refractivity contribution in [3.8, 4) is 23.3 Å². The van der Waals surface area contributed by atoms with E-state index in [0.29, 0.717) is 28.7 Å². The molecule has 0 bridgehead atoms. The zero-order valence-corrected chi connectivity index (χ0v) is 14.9. The predicted octanol–water partition coefficient (Wildman–Crippen LogP) is 3.83. The highest BCUT2D eigenvalue weighted by molar-refractivity contribution is 6.10. The molecule has 1 N–H and O–H groups in total. The molecule has 2 aromatic rings. The van der Waals surface area contributed by atoms with Crippen LogP contribution in [0.3, 0.4) is 0 Å². The predicted molar refractivity (Wildman–Crippen MR) is 100 cm³/mol. The highest BCUT2D eigenvalue weighted by Gasteiger charge is 2.31. The molecule has 0 saturated heterocycles. The molecule has 1 unspecified atom stereocenters. The average molecular weight is 358 g/mol. The van der Waals surface area contributed by atoms with Crippen molar-refractivity contribution in [3.05, 3.63) is 64.7 Å². The van der Waals surface area contributed by atoms with Gasteiger partial charge in [0.25, 0.3) is 0 Å². The lowest BCUT2D eigenvalue weighted by atomic mass is 9.97. The third-order valence-corrected chi connectivity index (χ3v) is 4.58. The number of carbonyl (C=O) groups excluding carboxylic acids is 1. The van der Waals surface area contributed by atoms with E-state index in [0.717, 1.165) is 17.5 Å². The van der Waals surface area contributed by atoms with Gasteiger partial charge in [-0.2, -0.15) is 10.5 Å². The van der Waals surface area contributed by atoms with E-state index in [1.165, 1.54) is 0 Å². The van der Waals surface area contributed by atoms with E-state index < -0.39 is 12.1 Å². The van der Waals surface area contributed by atoms with Gasteiger partial charge < -0.3 is 9.84 Å². The molecule has 0 saturated carbocycles. The summed E-state index contributed by atoms with van der Waals surface area (Å²) in [6.45, 7) is 1.72. The van der Waals surface area contributed by atoms with Gasteiger partial charge in [0.15, 0.2) is 0 Å². The van der Waals surface area contributed by atoms with Gasteiger partial charge in [0.2, 0.25) is 0 Å².